The Labute approximate surface area is 90.3 Å². The summed E-state index contributed by atoms with van der Waals surface area (Å²) in [6.07, 6.45) is -6.07. The third-order valence-electron chi connectivity index (χ3n) is 1.38. The maximum absolute atomic E-state index is 9.77. The summed E-state index contributed by atoms with van der Waals surface area (Å²) in [5, 5.41) is 43.4. The topological polar surface area (TPSA) is 118 Å². The minimum atomic E-state index is -1.89. The Morgan fingerprint density at radius 3 is 1.85 bits per heavy atom. The average Bonchev–Trinajstić information content (AvgIpc) is 2.12. The van der Waals surface area contributed by atoms with Crippen LogP contribution in [0, 0.1) is 0 Å². The third-order valence-corrected chi connectivity index (χ3v) is 1.38. The molecule has 0 spiro atoms. The first-order chi connectivity index (χ1) is 5.54. The minimum Gasteiger partial charge on any atom is -0.539 e. The number of rotatable bonds is 5. The van der Waals surface area contributed by atoms with E-state index in [0.29, 0.717) is 0 Å². The van der Waals surface area contributed by atoms with E-state index >= 15 is 0 Å². The van der Waals surface area contributed by atoms with Crippen molar-refractivity contribution in [1.29, 1.82) is 0 Å². The van der Waals surface area contributed by atoms with Gasteiger partial charge in [0.05, 0.1) is 12.7 Å². The Kier molecular flexibility index (Phi) is 9.16. The Morgan fingerprint density at radius 1 is 1.08 bits per heavy atom. The van der Waals surface area contributed by atoms with Crippen LogP contribution in [0.3, 0.4) is 0 Å². The van der Waals surface area contributed by atoms with Gasteiger partial charge in [-0.1, -0.05) is 0 Å². The van der Waals surface area contributed by atoms with Gasteiger partial charge in [0.15, 0.2) is 0 Å². The van der Waals surface area contributed by atoms with E-state index in [-0.39, 0.29) is 22.4 Å². The fourth-order valence-electron chi connectivity index (χ4n) is 0.592. The minimum absolute atomic E-state index is 0. The summed E-state index contributed by atoms with van der Waals surface area (Å²) in [5.41, 5.74) is 0. The zero-order chi connectivity index (χ0) is 9.72. The van der Waals surface area contributed by atoms with Gasteiger partial charge in [-0.25, -0.2) is 6.29 Å². The second-order valence-electron chi connectivity index (χ2n) is 2.29. The second kappa shape index (κ2) is 7.60. The quantitative estimate of drug-likeness (QED) is 0.252. The van der Waals surface area contributed by atoms with Crippen LogP contribution in [-0.2, 0) is 27.2 Å². The number of hydrogen-bond donors (Lipinski definition) is 5. The van der Waals surface area contributed by atoms with Crippen molar-refractivity contribution in [1.82, 2.24) is 0 Å². The van der Waals surface area contributed by atoms with Gasteiger partial charge in [0.25, 0.3) is 0 Å². The van der Waals surface area contributed by atoms with Crippen LogP contribution in [0.4, 0.5) is 0 Å². The maximum Gasteiger partial charge on any atom is 1.00 e. The largest absolute Gasteiger partial charge is 1.00 e. The van der Waals surface area contributed by atoms with Gasteiger partial charge in [-0.05, 0) is 6.10 Å². The van der Waals surface area contributed by atoms with Gasteiger partial charge in [0.1, 0.15) is 12.2 Å². The molecular weight excluding hydrogens is 365 g/mol. The summed E-state index contributed by atoms with van der Waals surface area (Å²) in [7, 11) is 0. The Morgan fingerprint density at radius 2 is 1.54 bits per heavy atom. The van der Waals surface area contributed by atoms with Crippen molar-refractivity contribution in [2.75, 3.05) is 6.61 Å². The normalized spacial score (nSPS) is 19.5. The summed E-state index contributed by atoms with van der Waals surface area (Å²) in [5.74, 6) is 0. The van der Waals surface area contributed by atoms with E-state index in [1.165, 1.54) is 0 Å². The van der Waals surface area contributed by atoms with Crippen LogP contribution in [-0.4, -0.2) is 62.8 Å². The van der Waals surface area contributed by atoms with Gasteiger partial charge in [-0.2, -0.15) is 0 Å². The number of hydrogen-bond acceptors (Lipinski definition) is 6. The molecule has 0 aliphatic heterocycles. The molecule has 0 aliphatic carbocycles. The maximum atomic E-state index is 9.77. The first-order valence-corrected chi connectivity index (χ1v) is 3.25. The van der Waals surface area contributed by atoms with Crippen LogP contribution >= 0.6 is 0 Å². The zero-order valence-electron chi connectivity index (χ0n) is 6.46. The molecular formula is C6H11AuO6. The fourth-order valence-corrected chi connectivity index (χ4v) is 0.592. The van der Waals surface area contributed by atoms with Gasteiger partial charge in [-0.15, -0.1) is 0 Å². The van der Waals surface area contributed by atoms with Gasteiger partial charge >= 0.3 is 22.4 Å². The molecule has 82 valence electrons. The van der Waals surface area contributed by atoms with Gasteiger partial charge in [0.2, 0.25) is 0 Å². The molecule has 5 N–H and O–H groups in total. The van der Waals surface area contributed by atoms with Crippen LogP contribution < -0.4 is 0 Å². The Balaban J connectivity index is 0. The van der Waals surface area contributed by atoms with Crippen LogP contribution in [0.5, 0.6) is 0 Å². The van der Waals surface area contributed by atoms with Gasteiger partial charge in [-0.3, -0.25) is 0 Å². The third kappa shape index (κ3) is 4.84. The van der Waals surface area contributed by atoms with Crippen molar-refractivity contribution in [2.24, 2.45) is 0 Å². The van der Waals surface area contributed by atoms with E-state index in [0.717, 1.165) is 6.29 Å². The van der Waals surface area contributed by atoms with Crippen LogP contribution in [0.2, 0.25) is 0 Å². The SMILES string of the molecule is O=[C-][C@H](O)[C@@H](O)[C@H](O)[C@H](O)CO.[Au+]. The number of aliphatic hydroxyl groups excluding tert-OH is 5. The molecule has 0 aliphatic rings. The van der Waals surface area contributed by atoms with Crippen molar-refractivity contribution in [3.63, 3.8) is 0 Å². The molecule has 0 aromatic carbocycles. The monoisotopic (exact) mass is 376 g/mol. The molecule has 0 rings (SSSR count). The molecule has 0 saturated heterocycles. The standard InChI is InChI=1S/C6H11O6.Au/c7-1-3(9)5(11)6(12)4(10)2-8;/h3-7,9-12H,1H2;/q-1;+1/t3-,4+,5-,6-;/m1./s1. The summed E-state index contributed by atoms with van der Waals surface area (Å²) in [6.45, 7) is -0.774. The molecule has 6 nitrogen and oxygen atoms in total. The van der Waals surface area contributed by atoms with E-state index in [9.17, 15) is 4.79 Å². The second-order valence-corrected chi connectivity index (χ2v) is 2.29. The fraction of sp³-hybridized carbons (Fsp3) is 0.833. The Hall–Kier alpha value is 0.210. The molecule has 0 saturated carbocycles. The van der Waals surface area contributed by atoms with Crippen molar-refractivity contribution in [2.45, 2.75) is 24.4 Å². The predicted octanol–water partition coefficient (Wildman–Crippen LogP) is -3.47. The van der Waals surface area contributed by atoms with Crippen LogP contribution in [0.25, 0.3) is 0 Å². The molecule has 0 heterocycles. The van der Waals surface area contributed by atoms with Crippen molar-refractivity contribution in [3.8, 4) is 0 Å². The van der Waals surface area contributed by atoms with Crippen molar-refractivity contribution in [3.05, 3.63) is 0 Å². The van der Waals surface area contributed by atoms with E-state index in [4.69, 9.17) is 25.5 Å². The summed E-state index contributed by atoms with van der Waals surface area (Å²) < 4.78 is 0. The van der Waals surface area contributed by atoms with Crippen LogP contribution in [0.1, 0.15) is 0 Å². The van der Waals surface area contributed by atoms with E-state index in [1.807, 2.05) is 0 Å². The van der Waals surface area contributed by atoms with Gasteiger partial charge in [0, 0.05) is 0 Å². The molecule has 7 heteroatoms. The first-order valence-electron chi connectivity index (χ1n) is 3.25. The molecule has 0 amide bonds. The summed E-state index contributed by atoms with van der Waals surface area (Å²) >= 11 is 0. The Bertz CT molecular complexity index is 143. The molecule has 0 radical (unpaired) electrons. The number of carbonyl (C=O) groups excluding carboxylic acids is 1. The van der Waals surface area contributed by atoms with E-state index < -0.39 is 31.0 Å². The summed E-state index contributed by atoms with van der Waals surface area (Å²) in [4.78, 5) is 9.77. The molecule has 0 unspecified atom stereocenters. The van der Waals surface area contributed by atoms with E-state index in [2.05, 4.69) is 0 Å². The van der Waals surface area contributed by atoms with Crippen molar-refractivity contribution >= 4 is 6.29 Å². The molecule has 0 bridgehead atoms. The van der Waals surface area contributed by atoms with Gasteiger partial charge < -0.3 is 30.3 Å². The molecule has 0 fully saturated rings. The number of aliphatic hydroxyl groups is 5. The smallest absolute Gasteiger partial charge is 0.539 e. The molecule has 4 atom stereocenters. The van der Waals surface area contributed by atoms with E-state index in [1.54, 1.807) is 0 Å². The van der Waals surface area contributed by atoms with Crippen molar-refractivity contribution < 1.29 is 52.7 Å². The van der Waals surface area contributed by atoms with Crippen LogP contribution in [0.15, 0.2) is 0 Å². The average molecular weight is 376 g/mol. The molecule has 0 aromatic heterocycles. The molecule has 0 aromatic rings. The first kappa shape index (κ1) is 15.7. The zero-order valence-corrected chi connectivity index (χ0v) is 8.63. The summed E-state index contributed by atoms with van der Waals surface area (Å²) in [6, 6.07) is 0. The predicted molar refractivity (Wildman–Crippen MR) is 36.8 cm³/mol. The molecule has 13 heavy (non-hydrogen) atoms.